The molecule has 138 valence electrons. The van der Waals surface area contributed by atoms with Crippen LogP contribution in [-0.2, 0) is 4.74 Å². The predicted octanol–water partition coefficient (Wildman–Crippen LogP) is 2.01. The van der Waals surface area contributed by atoms with Crippen LogP contribution in [0, 0.1) is 13.8 Å². The number of ether oxygens (including phenoxy) is 3. The standard InChI is InChI=1S/C18H12O9/c1-5-3-8(20)7(4-19)14-9(5)16(22)26-13-6(2)12(21)10-11(15(13)25-14)18(24)27-17(10)23/h3-4,18,20-21,24H,1-2H3/t18-/m1/s1. The molecule has 1 atom stereocenters. The van der Waals surface area contributed by atoms with Crippen molar-refractivity contribution in [2.75, 3.05) is 0 Å². The zero-order chi connectivity index (χ0) is 19.6. The summed E-state index contributed by atoms with van der Waals surface area (Å²) in [6.45, 7) is 2.88. The smallest absolute Gasteiger partial charge is 0.347 e. The third kappa shape index (κ3) is 2.12. The van der Waals surface area contributed by atoms with Gasteiger partial charge in [0.05, 0.1) is 11.1 Å². The molecule has 0 spiro atoms. The summed E-state index contributed by atoms with van der Waals surface area (Å²) >= 11 is 0. The van der Waals surface area contributed by atoms with Gasteiger partial charge < -0.3 is 29.5 Å². The number of phenols is 2. The van der Waals surface area contributed by atoms with Crippen LogP contribution in [-0.4, -0.2) is 33.5 Å². The SMILES string of the molecule is Cc1cc(O)c(C=O)c2c1C(=O)Oc1c(C)c(O)c3c(c1O2)[C@H](O)OC3=O. The lowest BCUT2D eigenvalue weighted by molar-refractivity contribution is -0.0555. The van der Waals surface area contributed by atoms with Crippen molar-refractivity contribution in [2.45, 2.75) is 20.1 Å². The van der Waals surface area contributed by atoms with Crippen molar-refractivity contribution in [3.05, 3.63) is 39.4 Å². The Morgan fingerprint density at radius 3 is 2.37 bits per heavy atom. The van der Waals surface area contributed by atoms with E-state index in [1.54, 1.807) is 0 Å². The molecule has 4 rings (SSSR count). The number of aliphatic hydroxyl groups is 1. The Balaban J connectivity index is 2.10. The van der Waals surface area contributed by atoms with Crippen LogP contribution in [0.2, 0.25) is 0 Å². The molecule has 0 fully saturated rings. The van der Waals surface area contributed by atoms with E-state index in [-0.39, 0.29) is 50.6 Å². The van der Waals surface area contributed by atoms with E-state index in [1.165, 1.54) is 19.9 Å². The van der Waals surface area contributed by atoms with Gasteiger partial charge in [0.25, 0.3) is 0 Å². The molecule has 2 aromatic rings. The Kier molecular flexibility index (Phi) is 3.40. The summed E-state index contributed by atoms with van der Waals surface area (Å²) in [5.74, 6) is -3.61. The van der Waals surface area contributed by atoms with Crippen molar-refractivity contribution in [1.29, 1.82) is 0 Å². The number of carbonyl (C=O) groups is 3. The fraction of sp³-hybridized carbons (Fsp3) is 0.167. The number of esters is 2. The first-order chi connectivity index (χ1) is 12.8. The van der Waals surface area contributed by atoms with Crippen LogP contribution in [0.5, 0.6) is 28.7 Å². The number of phenolic OH excluding ortho intramolecular Hbond substituents is 2. The van der Waals surface area contributed by atoms with E-state index in [4.69, 9.17) is 14.2 Å². The summed E-state index contributed by atoms with van der Waals surface area (Å²) in [6.07, 6.45) is -1.47. The minimum atomic E-state index is -1.77. The van der Waals surface area contributed by atoms with Crippen LogP contribution >= 0.6 is 0 Å². The van der Waals surface area contributed by atoms with Crippen LogP contribution < -0.4 is 9.47 Å². The zero-order valence-corrected chi connectivity index (χ0v) is 14.0. The Hall–Kier alpha value is -3.59. The molecule has 9 nitrogen and oxygen atoms in total. The molecule has 0 aliphatic carbocycles. The highest BCUT2D eigenvalue weighted by Crippen LogP contribution is 2.53. The van der Waals surface area contributed by atoms with Gasteiger partial charge in [-0.2, -0.15) is 0 Å². The number of aromatic hydroxyl groups is 2. The molecule has 3 N–H and O–H groups in total. The molecule has 0 amide bonds. The lowest BCUT2D eigenvalue weighted by Gasteiger charge is -2.16. The molecule has 2 heterocycles. The van der Waals surface area contributed by atoms with E-state index in [1.807, 2.05) is 0 Å². The molecular formula is C18H12O9. The number of hydrogen-bond donors (Lipinski definition) is 3. The second-order valence-corrected chi connectivity index (χ2v) is 6.12. The van der Waals surface area contributed by atoms with Gasteiger partial charge in [0.15, 0.2) is 23.5 Å². The van der Waals surface area contributed by atoms with Crippen molar-refractivity contribution in [3.8, 4) is 28.7 Å². The van der Waals surface area contributed by atoms with Gasteiger partial charge in [0, 0.05) is 5.56 Å². The second kappa shape index (κ2) is 5.45. The van der Waals surface area contributed by atoms with Crippen molar-refractivity contribution >= 4 is 18.2 Å². The molecule has 0 bridgehead atoms. The predicted molar refractivity (Wildman–Crippen MR) is 86.5 cm³/mol. The molecule has 27 heavy (non-hydrogen) atoms. The van der Waals surface area contributed by atoms with Crippen molar-refractivity contribution in [1.82, 2.24) is 0 Å². The maximum atomic E-state index is 12.6. The third-order valence-corrected chi connectivity index (χ3v) is 4.54. The molecular weight excluding hydrogens is 360 g/mol. The Labute approximate surface area is 151 Å². The molecule has 2 aromatic carbocycles. The first-order valence-electron chi connectivity index (χ1n) is 7.76. The average Bonchev–Trinajstić information content (AvgIpc) is 2.79. The molecule has 0 aromatic heterocycles. The highest BCUT2D eigenvalue weighted by atomic mass is 16.6. The van der Waals surface area contributed by atoms with Crippen molar-refractivity contribution < 1.29 is 43.9 Å². The summed E-state index contributed by atoms with van der Waals surface area (Å²) in [7, 11) is 0. The minimum absolute atomic E-state index is 0.00508. The molecule has 2 aliphatic rings. The maximum Gasteiger partial charge on any atom is 0.347 e. The van der Waals surface area contributed by atoms with Crippen LogP contribution in [0.3, 0.4) is 0 Å². The quantitative estimate of drug-likeness (QED) is 0.389. The van der Waals surface area contributed by atoms with Gasteiger partial charge in [0.2, 0.25) is 6.29 Å². The second-order valence-electron chi connectivity index (χ2n) is 6.12. The highest BCUT2D eigenvalue weighted by Gasteiger charge is 2.42. The van der Waals surface area contributed by atoms with Crippen LogP contribution in [0.1, 0.15) is 54.1 Å². The van der Waals surface area contributed by atoms with Gasteiger partial charge in [-0.05, 0) is 25.5 Å². The Bertz CT molecular complexity index is 1070. The topological polar surface area (TPSA) is 140 Å². The van der Waals surface area contributed by atoms with Gasteiger partial charge in [-0.25, -0.2) is 9.59 Å². The van der Waals surface area contributed by atoms with E-state index in [2.05, 4.69) is 0 Å². The number of cyclic esters (lactones) is 1. The van der Waals surface area contributed by atoms with Gasteiger partial charge in [0.1, 0.15) is 22.6 Å². The molecule has 2 aliphatic heterocycles. The summed E-state index contributed by atoms with van der Waals surface area (Å²) < 4.78 is 15.7. The van der Waals surface area contributed by atoms with Crippen LogP contribution in [0.15, 0.2) is 6.07 Å². The summed E-state index contributed by atoms with van der Waals surface area (Å²) in [4.78, 5) is 36.0. The minimum Gasteiger partial charge on any atom is -0.507 e. The van der Waals surface area contributed by atoms with E-state index < -0.39 is 29.7 Å². The third-order valence-electron chi connectivity index (χ3n) is 4.54. The summed E-state index contributed by atoms with van der Waals surface area (Å²) in [5.41, 5.74) is -0.708. The van der Waals surface area contributed by atoms with Crippen LogP contribution in [0.25, 0.3) is 0 Å². The first-order valence-corrected chi connectivity index (χ1v) is 7.76. The molecule has 0 saturated heterocycles. The van der Waals surface area contributed by atoms with Gasteiger partial charge in [-0.3, -0.25) is 4.79 Å². The molecule has 0 unspecified atom stereocenters. The number of benzene rings is 2. The van der Waals surface area contributed by atoms with E-state index in [0.29, 0.717) is 6.29 Å². The molecule has 0 saturated carbocycles. The number of aliphatic hydroxyl groups excluding tert-OH is 1. The summed E-state index contributed by atoms with van der Waals surface area (Å²) in [5, 5.41) is 30.4. The summed E-state index contributed by atoms with van der Waals surface area (Å²) in [6, 6.07) is 1.21. The van der Waals surface area contributed by atoms with E-state index in [0.717, 1.165) is 0 Å². The largest absolute Gasteiger partial charge is 0.507 e. The Morgan fingerprint density at radius 2 is 1.70 bits per heavy atom. The lowest BCUT2D eigenvalue weighted by atomic mass is 10.0. The van der Waals surface area contributed by atoms with E-state index in [9.17, 15) is 29.7 Å². The number of hydrogen-bond acceptors (Lipinski definition) is 9. The number of fused-ring (bicyclic) bond motifs is 4. The normalized spacial score (nSPS) is 17.1. The molecule has 9 heteroatoms. The first kappa shape index (κ1) is 16.9. The van der Waals surface area contributed by atoms with Crippen LogP contribution in [0.4, 0.5) is 0 Å². The number of aryl methyl sites for hydroxylation is 1. The van der Waals surface area contributed by atoms with Gasteiger partial charge in [-0.15, -0.1) is 0 Å². The van der Waals surface area contributed by atoms with Crippen molar-refractivity contribution in [3.63, 3.8) is 0 Å². The number of carbonyl (C=O) groups excluding carboxylic acids is 3. The maximum absolute atomic E-state index is 12.6. The van der Waals surface area contributed by atoms with Gasteiger partial charge in [-0.1, -0.05) is 0 Å². The Morgan fingerprint density at radius 1 is 1.00 bits per heavy atom. The van der Waals surface area contributed by atoms with E-state index >= 15 is 0 Å². The number of aldehydes is 1. The van der Waals surface area contributed by atoms with Crippen molar-refractivity contribution in [2.24, 2.45) is 0 Å². The lowest BCUT2D eigenvalue weighted by Crippen LogP contribution is -2.11. The fourth-order valence-corrected chi connectivity index (χ4v) is 3.22. The number of rotatable bonds is 1. The van der Waals surface area contributed by atoms with Gasteiger partial charge >= 0.3 is 11.9 Å². The molecule has 0 radical (unpaired) electrons. The zero-order valence-electron chi connectivity index (χ0n) is 14.0. The highest BCUT2D eigenvalue weighted by molar-refractivity contribution is 6.03. The fourth-order valence-electron chi connectivity index (χ4n) is 3.22. The monoisotopic (exact) mass is 372 g/mol. The average molecular weight is 372 g/mol.